The van der Waals surface area contributed by atoms with E-state index in [1.807, 2.05) is 18.2 Å². The van der Waals surface area contributed by atoms with E-state index >= 15 is 0 Å². The van der Waals surface area contributed by atoms with Crippen molar-refractivity contribution in [2.75, 3.05) is 5.73 Å². The molecule has 1 unspecified atom stereocenters. The van der Waals surface area contributed by atoms with E-state index in [2.05, 4.69) is 4.99 Å². The molecule has 3 rings (SSSR count). The minimum Gasteiger partial charge on any atom is -0.457 e. The summed E-state index contributed by atoms with van der Waals surface area (Å²) in [6.07, 6.45) is 7.64. The van der Waals surface area contributed by atoms with Crippen LogP contribution in [0.5, 0.6) is 0 Å². The van der Waals surface area contributed by atoms with Crippen LogP contribution in [0, 0.1) is 5.92 Å². The zero-order valence-corrected chi connectivity index (χ0v) is 11.1. The average molecular weight is 259 g/mol. The first-order valence-corrected chi connectivity index (χ1v) is 7.14. The van der Waals surface area contributed by atoms with Crippen molar-refractivity contribution >= 4 is 17.4 Å². The largest absolute Gasteiger partial charge is 0.457 e. The fourth-order valence-corrected chi connectivity index (χ4v) is 3.21. The molecular formula is C15H21N3O. The summed E-state index contributed by atoms with van der Waals surface area (Å²) < 4.78 is 5.84. The summed E-state index contributed by atoms with van der Waals surface area (Å²) in [5, 5.41) is 0. The van der Waals surface area contributed by atoms with Crippen molar-refractivity contribution in [1.82, 2.24) is 0 Å². The molecule has 19 heavy (non-hydrogen) atoms. The molecule has 1 aliphatic carbocycles. The van der Waals surface area contributed by atoms with Crippen LogP contribution in [0.2, 0.25) is 0 Å². The van der Waals surface area contributed by atoms with E-state index in [0.29, 0.717) is 5.92 Å². The third kappa shape index (κ3) is 2.53. The van der Waals surface area contributed by atoms with Crippen molar-refractivity contribution in [1.29, 1.82) is 0 Å². The van der Waals surface area contributed by atoms with E-state index in [0.717, 1.165) is 16.9 Å². The predicted octanol–water partition coefficient (Wildman–Crippen LogP) is 3.26. The maximum absolute atomic E-state index is 5.90. The summed E-state index contributed by atoms with van der Waals surface area (Å²) in [5.74, 6) is 0.525. The molecule has 1 fully saturated rings. The van der Waals surface area contributed by atoms with Gasteiger partial charge in [-0.15, -0.1) is 0 Å². The second-order valence-corrected chi connectivity index (χ2v) is 5.56. The fourth-order valence-electron chi connectivity index (χ4n) is 3.21. The van der Waals surface area contributed by atoms with Gasteiger partial charge in [0.05, 0.1) is 5.69 Å². The molecule has 0 radical (unpaired) electrons. The minimum atomic E-state index is 0.0223. The molecule has 1 atom stereocenters. The summed E-state index contributed by atoms with van der Waals surface area (Å²) >= 11 is 0. The van der Waals surface area contributed by atoms with Crippen molar-refractivity contribution < 1.29 is 4.74 Å². The van der Waals surface area contributed by atoms with Crippen LogP contribution in [0.15, 0.2) is 23.2 Å². The normalized spacial score (nSPS) is 24.0. The number of nitrogens with two attached hydrogens (primary N) is 2. The van der Waals surface area contributed by atoms with Gasteiger partial charge in [-0.1, -0.05) is 25.7 Å². The Hall–Kier alpha value is -1.71. The molecule has 1 aliphatic heterocycles. The van der Waals surface area contributed by atoms with Crippen LogP contribution in [0.3, 0.4) is 0 Å². The van der Waals surface area contributed by atoms with E-state index in [1.165, 1.54) is 38.5 Å². The molecule has 0 spiro atoms. The maximum Gasteiger partial charge on any atom is 0.287 e. The molecule has 0 amide bonds. The van der Waals surface area contributed by atoms with E-state index < -0.39 is 0 Å². The van der Waals surface area contributed by atoms with Gasteiger partial charge in [0.2, 0.25) is 0 Å². The highest BCUT2D eigenvalue weighted by Gasteiger charge is 2.31. The molecule has 1 heterocycles. The molecule has 1 saturated carbocycles. The molecule has 1 aromatic carbocycles. The molecule has 1 aromatic rings. The highest BCUT2D eigenvalue weighted by molar-refractivity contribution is 5.79. The smallest absolute Gasteiger partial charge is 0.287 e. The summed E-state index contributed by atoms with van der Waals surface area (Å²) in [5.41, 5.74) is 14.5. The Morgan fingerprint density at radius 3 is 2.53 bits per heavy atom. The summed E-state index contributed by atoms with van der Waals surface area (Å²) in [4.78, 5) is 4.27. The molecule has 4 N–H and O–H groups in total. The second kappa shape index (κ2) is 5.11. The monoisotopic (exact) mass is 259 g/mol. The van der Waals surface area contributed by atoms with Gasteiger partial charge in [-0.05, 0) is 31.0 Å². The lowest BCUT2D eigenvalue weighted by Crippen LogP contribution is -2.27. The standard InChI is InChI=1S/C15H21N3O/c16-11-7-8-13-12(9-11)14(19-15(17)18-13)10-5-3-1-2-4-6-10/h7-10,14H,1-6,16H2,(H2,17,18). The van der Waals surface area contributed by atoms with Gasteiger partial charge < -0.3 is 16.2 Å². The topological polar surface area (TPSA) is 73.6 Å². The van der Waals surface area contributed by atoms with Crippen LogP contribution in [0.25, 0.3) is 0 Å². The fraction of sp³-hybridized carbons (Fsp3) is 0.533. The third-order valence-corrected chi connectivity index (χ3v) is 4.16. The zero-order chi connectivity index (χ0) is 13.2. The van der Waals surface area contributed by atoms with E-state index in [1.54, 1.807) is 0 Å². The Kier molecular flexibility index (Phi) is 3.32. The van der Waals surface area contributed by atoms with Crippen molar-refractivity contribution in [3.05, 3.63) is 23.8 Å². The van der Waals surface area contributed by atoms with E-state index in [-0.39, 0.29) is 12.1 Å². The lowest BCUT2D eigenvalue weighted by Gasteiger charge is -2.30. The van der Waals surface area contributed by atoms with Crippen molar-refractivity contribution in [2.24, 2.45) is 16.6 Å². The summed E-state index contributed by atoms with van der Waals surface area (Å²) in [7, 11) is 0. The molecule has 102 valence electrons. The van der Waals surface area contributed by atoms with Gasteiger partial charge in [-0.3, -0.25) is 0 Å². The van der Waals surface area contributed by atoms with Gasteiger partial charge in [-0.2, -0.15) is 4.99 Å². The average Bonchev–Trinajstić information content (AvgIpc) is 2.67. The Morgan fingerprint density at radius 1 is 1.05 bits per heavy atom. The van der Waals surface area contributed by atoms with Crippen LogP contribution in [0.4, 0.5) is 11.4 Å². The zero-order valence-electron chi connectivity index (χ0n) is 11.1. The Bertz CT molecular complexity index is 490. The Morgan fingerprint density at radius 2 is 1.79 bits per heavy atom. The first kappa shape index (κ1) is 12.3. The second-order valence-electron chi connectivity index (χ2n) is 5.56. The van der Waals surface area contributed by atoms with Crippen LogP contribution in [-0.4, -0.2) is 6.02 Å². The Balaban J connectivity index is 1.94. The molecule has 0 aromatic heterocycles. The number of fused-ring (bicyclic) bond motifs is 1. The van der Waals surface area contributed by atoms with Crippen molar-refractivity contribution in [2.45, 2.75) is 44.6 Å². The maximum atomic E-state index is 5.90. The van der Waals surface area contributed by atoms with Gasteiger partial charge in [0, 0.05) is 17.2 Å². The predicted molar refractivity (Wildman–Crippen MR) is 77.2 cm³/mol. The molecular weight excluding hydrogens is 238 g/mol. The lowest BCUT2D eigenvalue weighted by molar-refractivity contribution is 0.106. The Labute approximate surface area is 113 Å². The molecule has 4 heteroatoms. The van der Waals surface area contributed by atoms with Gasteiger partial charge in [0.1, 0.15) is 6.10 Å². The van der Waals surface area contributed by atoms with Crippen LogP contribution >= 0.6 is 0 Å². The quantitative estimate of drug-likeness (QED) is 0.600. The first-order valence-electron chi connectivity index (χ1n) is 7.14. The number of rotatable bonds is 1. The summed E-state index contributed by atoms with van der Waals surface area (Å²) in [6.45, 7) is 0. The number of anilines is 1. The lowest BCUT2D eigenvalue weighted by atomic mass is 9.88. The number of hydrogen-bond donors (Lipinski definition) is 2. The van der Waals surface area contributed by atoms with Gasteiger partial charge in [0.15, 0.2) is 0 Å². The van der Waals surface area contributed by atoms with Gasteiger partial charge in [0.25, 0.3) is 6.02 Å². The number of ether oxygens (including phenoxy) is 1. The highest BCUT2D eigenvalue weighted by Crippen LogP contribution is 2.42. The summed E-state index contributed by atoms with van der Waals surface area (Å²) in [6, 6.07) is 6.07. The first-order chi connectivity index (χ1) is 9.24. The number of hydrogen-bond acceptors (Lipinski definition) is 4. The minimum absolute atomic E-state index is 0.0223. The number of amidine groups is 1. The van der Waals surface area contributed by atoms with Gasteiger partial charge in [-0.25, -0.2) is 0 Å². The third-order valence-electron chi connectivity index (χ3n) is 4.16. The molecule has 4 nitrogen and oxygen atoms in total. The van der Waals surface area contributed by atoms with E-state index in [4.69, 9.17) is 16.2 Å². The van der Waals surface area contributed by atoms with E-state index in [9.17, 15) is 0 Å². The number of aliphatic imine (C=N–C) groups is 1. The number of benzene rings is 1. The molecule has 0 saturated heterocycles. The number of nitrogens with zero attached hydrogens (tertiary/aromatic N) is 1. The number of nitrogen functional groups attached to an aromatic ring is 1. The SMILES string of the molecule is NC1=Nc2ccc(N)cc2C(C2CCCCCC2)O1. The van der Waals surface area contributed by atoms with Gasteiger partial charge >= 0.3 is 0 Å². The highest BCUT2D eigenvalue weighted by atomic mass is 16.5. The van der Waals surface area contributed by atoms with Crippen molar-refractivity contribution in [3.63, 3.8) is 0 Å². The van der Waals surface area contributed by atoms with Crippen molar-refractivity contribution in [3.8, 4) is 0 Å². The van der Waals surface area contributed by atoms with Crippen LogP contribution in [-0.2, 0) is 4.74 Å². The molecule has 0 bridgehead atoms. The van der Waals surface area contributed by atoms with Crippen LogP contribution in [0.1, 0.15) is 50.2 Å². The molecule has 2 aliphatic rings. The van der Waals surface area contributed by atoms with Crippen LogP contribution < -0.4 is 11.5 Å².